The number of hydrogen-bond donors (Lipinski definition) is 0. The third-order valence-electron chi connectivity index (χ3n) is 0. The number of hydrogen-bond acceptors (Lipinski definition) is 0. The molecule has 0 aromatic heterocycles. The van der Waals surface area contributed by atoms with E-state index in [-0.39, 0.29) is 138 Å². The van der Waals surface area contributed by atoms with Gasteiger partial charge in [-0.1, -0.05) is 0 Å². The summed E-state index contributed by atoms with van der Waals surface area (Å²) in [7, 11) is 0. The molecule has 72 valence electrons. The average Bonchev–Trinajstić information content (AvgIpc) is 0. The Hall–Kier alpha value is 3.19. The summed E-state index contributed by atoms with van der Waals surface area (Å²) >= 11 is 0. The SMILES string of the molecule is [C+4].[Cl-].[Cl-].[Cl-].[Cl-].[Cl-].[Cl-].[Cl-].[Cl-].[Cl-].[V+5]. The van der Waals surface area contributed by atoms with Crippen LogP contribution in [0, 0.1) is 7.43 Å². The maximum atomic E-state index is 0. The molecule has 11 heavy (non-hydrogen) atoms. The second kappa shape index (κ2) is 192. The van der Waals surface area contributed by atoms with Crippen LogP contribution in [0.3, 0.4) is 0 Å². The Morgan fingerprint density at radius 1 is 0.273 bits per heavy atom. The summed E-state index contributed by atoms with van der Waals surface area (Å²) in [6, 6.07) is 0. The van der Waals surface area contributed by atoms with Crippen LogP contribution in [0.5, 0.6) is 0 Å². The van der Waals surface area contributed by atoms with Crippen LogP contribution in [0.25, 0.3) is 0 Å². The van der Waals surface area contributed by atoms with E-state index in [0.29, 0.717) is 0 Å². The zero-order valence-corrected chi connectivity index (χ0v) is 12.5. The Morgan fingerprint density at radius 2 is 0.273 bits per heavy atom. The molecule has 0 aliphatic carbocycles. The third kappa shape index (κ3) is 162. The fourth-order valence-electron chi connectivity index (χ4n) is 0. The van der Waals surface area contributed by atoms with Gasteiger partial charge in [-0.25, -0.2) is 0 Å². The summed E-state index contributed by atoms with van der Waals surface area (Å²) in [5, 5.41) is 0. The van der Waals surface area contributed by atoms with E-state index < -0.39 is 0 Å². The molecular weight excluding hydrogens is 382 g/mol. The average molecular weight is 382 g/mol. The molecule has 0 aromatic carbocycles. The summed E-state index contributed by atoms with van der Waals surface area (Å²) in [5.74, 6) is 0. The molecule has 0 rings (SSSR count). The molecule has 0 radical (unpaired) electrons. The molecule has 0 aliphatic heterocycles. The smallest absolute Gasteiger partial charge is 1.00 e. The minimum atomic E-state index is 0. The fourth-order valence-corrected chi connectivity index (χ4v) is 0. The van der Waals surface area contributed by atoms with Crippen molar-refractivity contribution in [3.63, 3.8) is 0 Å². The van der Waals surface area contributed by atoms with E-state index in [9.17, 15) is 0 Å². The summed E-state index contributed by atoms with van der Waals surface area (Å²) in [4.78, 5) is 0. The van der Waals surface area contributed by atoms with E-state index >= 15 is 0 Å². The molecule has 0 amide bonds. The summed E-state index contributed by atoms with van der Waals surface area (Å²) < 4.78 is 0. The van der Waals surface area contributed by atoms with Gasteiger partial charge >= 0.3 is 26.0 Å². The molecule has 0 heterocycles. The van der Waals surface area contributed by atoms with E-state index in [4.69, 9.17) is 0 Å². The standard InChI is InChI=1S/C.9ClH.V/h;9*1H;/q+4;;;;;;;;;;+5/p-9. The van der Waals surface area contributed by atoms with E-state index in [1.807, 2.05) is 0 Å². The molecule has 0 saturated heterocycles. The molecule has 0 aliphatic rings. The van der Waals surface area contributed by atoms with Crippen LogP contribution < -0.4 is 112 Å². The van der Waals surface area contributed by atoms with Crippen molar-refractivity contribution in [2.75, 3.05) is 0 Å². The predicted molar refractivity (Wildman–Crippen MR) is 3.24 cm³/mol. The van der Waals surface area contributed by atoms with Crippen molar-refractivity contribution < 1.29 is 130 Å². The first kappa shape index (κ1) is 242. The normalized spacial score (nSPS) is 0. The molecule has 0 bridgehead atoms. The van der Waals surface area contributed by atoms with E-state index in [2.05, 4.69) is 0 Å². The Bertz CT molecular complexity index is 9.52. The quantitative estimate of drug-likeness (QED) is 0.391. The van der Waals surface area contributed by atoms with E-state index in [0.717, 1.165) is 0 Å². The molecular formula is CCl9V. The summed E-state index contributed by atoms with van der Waals surface area (Å²) in [6.07, 6.45) is 0. The van der Waals surface area contributed by atoms with Crippen LogP contribution in [-0.4, -0.2) is 0 Å². The van der Waals surface area contributed by atoms with Gasteiger partial charge in [0.1, 0.15) is 0 Å². The Balaban J connectivity index is 0. The largest absolute Gasteiger partial charge is 5.00 e. The van der Waals surface area contributed by atoms with Gasteiger partial charge in [-0.2, -0.15) is 0 Å². The van der Waals surface area contributed by atoms with Crippen molar-refractivity contribution in [1.29, 1.82) is 0 Å². The molecule has 0 nitrogen and oxygen atoms in total. The summed E-state index contributed by atoms with van der Waals surface area (Å²) in [5.41, 5.74) is 0. The minimum Gasteiger partial charge on any atom is -1.00 e. The molecule has 0 N–H and O–H groups in total. The van der Waals surface area contributed by atoms with Crippen LogP contribution in [0.1, 0.15) is 0 Å². The topological polar surface area (TPSA) is 0 Å². The van der Waals surface area contributed by atoms with Crippen molar-refractivity contribution in [1.82, 2.24) is 0 Å². The maximum Gasteiger partial charge on any atom is 5.00 e. The van der Waals surface area contributed by atoms with E-state index in [1.54, 1.807) is 0 Å². The van der Waals surface area contributed by atoms with Crippen molar-refractivity contribution in [3.05, 3.63) is 7.43 Å². The van der Waals surface area contributed by atoms with Gasteiger partial charge in [-0.05, 0) is 0 Å². The van der Waals surface area contributed by atoms with Gasteiger partial charge in [0.15, 0.2) is 0 Å². The van der Waals surface area contributed by atoms with E-state index in [1.165, 1.54) is 0 Å². The maximum absolute atomic E-state index is 0. The van der Waals surface area contributed by atoms with Crippen molar-refractivity contribution in [3.8, 4) is 0 Å². The molecule has 10 heteroatoms. The Labute approximate surface area is 136 Å². The number of rotatable bonds is 0. The third-order valence-corrected chi connectivity index (χ3v) is 0. The van der Waals surface area contributed by atoms with Gasteiger partial charge in [-0.15, -0.1) is 0 Å². The van der Waals surface area contributed by atoms with Crippen molar-refractivity contribution in [2.45, 2.75) is 0 Å². The predicted octanol–water partition coefficient (Wildman–Crippen LogP) is -26.9. The molecule has 0 spiro atoms. The van der Waals surface area contributed by atoms with Crippen molar-refractivity contribution >= 4 is 0 Å². The molecule has 0 saturated carbocycles. The second-order valence-corrected chi connectivity index (χ2v) is 0. The first-order valence-corrected chi connectivity index (χ1v) is 0. The first-order valence-electron chi connectivity index (χ1n) is 0. The van der Waals surface area contributed by atoms with Gasteiger partial charge in [0.05, 0.1) is 0 Å². The van der Waals surface area contributed by atoms with Gasteiger partial charge in [0.2, 0.25) is 0 Å². The minimum absolute atomic E-state index is 0. The van der Waals surface area contributed by atoms with Crippen LogP contribution >= 0.6 is 0 Å². The van der Waals surface area contributed by atoms with Gasteiger partial charge in [0.25, 0.3) is 0 Å². The van der Waals surface area contributed by atoms with Crippen LogP contribution in [0.2, 0.25) is 0 Å². The monoisotopic (exact) mass is 378 g/mol. The van der Waals surface area contributed by atoms with Crippen LogP contribution in [0.15, 0.2) is 0 Å². The van der Waals surface area contributed by atoms with Gasteiger partial charge in [-0.3, -0.25) is 0 Å². The van der Waals surface area contributed by atoms with Gasteiger partial charge in [0, 0.05) is 0 Å². The number of halogens is 9. The molecule has 0 aromatic rings. The van der Waals surface area contributed by atoms with Crippen LogP contribution in [0.4, 0.5) is 0 Å². The first-order chi connectivity index (χ1) is 0. The molecule has 0 fully saturated rings. The molecule has 0 atom stereocenters. The second-order valence-electron chi connectivity index (χ2n) is 0. The molecule has 0 unspecified atom stereocenters. The zero-order valence-electron chi connectivity index (χ0n) is 4.35. The summed E-state index contributed by atoms with van der Waals surface area (Å²) in [6.45, 7) is 0. The Morgan fingerprint density at radius 3 is 0.273 bits per heavy atom. The Kier molecular flexibility index (Phi) is 4230. The van der Waals surface area contributed by atoms with Crippen LogP contribution in [-0.2, 0) is 18.6 Å². The van der Waals surface area contributed by atoms with Crippen molar-refractivity contribution in [2.24, 2.45) is 0 Å². The van der Waals surface area contributed by atoms with Gasteiger partial charge < -0.3 is 112 Å². The zero-order chi connectivity index (χ0) is 0. The fraction of sp³-hybridized carbons (Fsp3) is 0.